The fourth-order valence-corrected chi connectivity index (χ4v) is 2.43. The van der Waals surface area contributed by atoms with E-state index < -0.39 is 0 Å². The molecule has 0 amide bonds. The highest BCUT2D eigenvalue weighted by Gasteiger charge is 2.06. The Labute approximate surface area is 128 Å². The molecule has 3 nitrogen and oxygen atoms in total. The van der Waals surface area contributed by atoms with Crippen molar-refractivity contribution in [3.05, 3.63) is 65.5 Å². The van der Waals surface area contributed by atoms with Crippen LogP contribution in [0.2, 0.25) is 0 Å². The van der Waals surface area contributed by atoms with Crippen molar-refractivity contribution in [3.63, 3.8) is 0 Å². The summed E-state index contributed by atoms with van der Waals surface area (Å²) in [5.41, 5.74) is 4.10. The number of pyridine rings is 1. The summed E-state index contributed by atoms with van der Waals surface area (Å²) in [6.07, 6.45) is 4.88. The predicted octanol–water partition coefficient (Wildman–Crippen LogP) is 3.21. The van der Waals surface area contributed by atoms with Crippen molar-refractivity contribution >= 4 is 0 Å². The Bertz CT molecular complexity index is 525. The molecule has 1 heterocycles. The summed E-state index contributed by atoms with van der Waals surface area (Å²) in [6.45, 7) is 6.13. The van der Waals surface area contributed by atoms with E-state index in [0.717, 1.165) is 26.2 Å². The van der Waals surface area contributed by atoms with Crippen LogP contribution in [-0.2, 0) is 19.6 Å². The lowest BCUT2D eigenvalue weighted by atomic mass is 10.1. The second-order valence-electron chi connectivity index (χ2n) is 5.47. The van der Waals surface area contributed by atoms with Crippen molar-refractivity contribution in [1.82, 2.24) is 15.2 Å². The quantitative estimate of drug-likeness (QED) is 0.754. The maximum atomic E-state index is 4.07. The number of aromatic nitrogens is 1. The lowest BCUT2D eigenvalue weighted by Crippen LogP contribution is -2.20. The zero-order valence-corrected chi connectivity index (χ0v) is 13.0. The molecule has 2 aromatic rings. The monoisotopic (exact) mass is 283 g/mol. The fourth-order valence-electron chi connectivity index (χ4n) is 2.43. The van der Waals surface area contributed by atoms with Gasteiger partial charge in [0.25, 0.3) is 0 Å². The first-order valence-electron chi connectivity index (χ1n) is 7.64. The van der Waals surface area contributed by atoms with E-state index in [4.69, 9.17) is 0 Å². The Hall–Kier alpha value is -1.71. The first-order valence-corrected chi connectivity index (χ1v) is 7.64. The van der Waals surface area contributed by atoms with E-state index in [1.165, 1.54) is 23.1 Å². The maximum absolute atomic E-state index is 4.07. The fraction of sp³-hybridized carbons (Fsp3) is 0.389. The highest BCUT2D eigenvalue weighted by Crippen LogP contribution is 2.12. The van der Waals surface area contributed by atoms with E-state index >= 15 is 0 Å². The van der Waals surface area contributed by atoms with E-state index in [0.29, 0.717) is 0 Å². The average Bonchev–Trinajstić information content (AvgIpc) is 2.50. The highest BCUT2D eigenvalue weighted by molar-refractivity contribution is 5.27. The lowest BCUT2D eigenvalue weighted by Gasteiger charge is -2.19. The van der Waals surface area contributed by atoms with Gasteiger partial charge in [-0.3, -0.25) is 9.88 Å². The number of nitrogens with one attached hydrogen (secondary N) is 1. The molecule has 1 aromatic carbocycles. The Kier molecular flexibility index (Phi) is 6.38. The number of hydrogen-bond donors (Lipinski definition) is 1. The van der Waals surface area contributed by atoms with Crippen LogP contribution in [0.5, 0.6) is 0 Å². The van der Waals surface area contributed by atoms with Crippen LogP contribution in [-0.4, -0.2) is 23.5 Å². The minimum absolute atomic E-state index is 0.944. The average molecular weight is 283 g/mol. The van der Waals surface area contributed by atoms with Gasteiger partial charge in [-0.25, -0.2) is 0 Å². The van der Waals surface area contributed by atoms with Crippen molar-refractivity contribution in [1.29, 1.82) is 0 Å². The van der Waals surface area contributed by atoms with E-state index in [9.17, 15) is 0 Å². The minimum Gasteiger partial charge on any atom is -0.313 e. The molecule has 0 aliphatic rings. The van der Waals surface area contributed by atoms with Gasteiger partial charge in [-0.2, -0.15) is 0 Å². The van der Waals surface area contributed by atoms with Crippen LogP contribution in [0.4, 0.5) is 0 Å². The Morgan fingerprint density at radius 1 is 1.00 bits per heavy atom. The largest absolute Gasteiger partial charge is 0.313 e. The summed E-state index contributed by atoms with van der Waals surface area (Å²) in [5.74, 6) is 0. The molecule has 0 spiro atoms. The summed E-state index contributed by atoms with van der Waals surface area (Å²) in [7, 11) is 2.16. The standard InChI is InChI=1S/C18H25N3/c1-3-10-20-13-17-6-4-5-7-18(17)15-21(2)14-16-8-11-19-12-9-16/h4-9,11-12,20H,3,10,13-15H2,1-2H3. The van der Waals surface area contributed by atoms with E-state index in [-0.39, 0.29) is 0 Å². The van der Waals surface area contributed by atoms with Crippen molar-refractivity contribution in [2.75, 3.05) is 13.6 Å². The summed E-state index contributed by atoms with van der Waals surface area (Å²) >= 11 is 0. The Morgan fingerprint density at radius 3 is 2.43 bits per heavy atom. The van der Waals surface area contributed by atoms with Crippen LogP contribution in [0, 0.1) is 0 Å². The van der Waals surface area contributed by atoms with Gasteiger partial charge in [0.2, 0.25) is 0 Å². The molecule has 21 heavy (non-hydrogen) atoms. The molecule has 0 saturated carbocycles. The summed E-state index contributed by atoms with van der Waals surface area (Å²) < 4.78 is 0. The van der Waals surface area contributed by atoms with E-state index in [2.05, 4.69) is 65.6 Å². The predicted molar refractivity (Wildman–Crippen MR) is 87.8 cm³/mol. The molecule has 0 bridgehead atoms. The smallest absolute Gasteiger partial charge is 0.0271 e. The van der Waals surface area contributed by atoms with Gasteiger partial charge in [0, 0.05) is 32.0 Å². The molecular weight excluding hydrogens is 258 g/mol. The van der Waals surface area contributed by atoms with Crippen LogP contribution in [0.15, 0.2) is 48.8 Å². The van der Waals surface area contributed by atoms with E-state index in [1.54, 1.807) is 0 Å². The van der Waals surface area contributed by atoms with Gasteiger partial charge in [0.1, 0.15) is 0 Å². The Balaban J connectivity index is 1.95. The highest BCUT2D eigenvalue weighted by atomic mass is 15.1. The molecule has 0 radical (unpaired) electrons. The van der Waals surface area contributed by atoms with Crippen molar-refractivity contribution in [2.45, 2.75) is 33.0 Å². The third-order valence-electron chi connectivity index (χ3n) is 3.50. The molecule has 0 atom stereocenters. The van der Waals surface area contributed by atoms with Crippen molar-refractivity contribution in [2.24, 2.45) is 0 Å². The SMILES string of the molecule is CCCNCc1ccccc1CN(C)Cc1ccncc1. The molecule has 1 aromatic heterocycles. The molecule has 0 unspecified atom stereocenters. The second kappa shape index (κ2) is 8.55. The third-order valence-corrected chi connectivity index (χ3v) is 3.50. The summed E-state index contributed by atoms with van der Waals surface area (Å²) in [6, 6.07) is 12.8. The second-order valence-corrected chi connectivity index (χ2v) is 5.47. The van der Waals surface area contributed by atoms with Gasteiger partial charge in [0.05, 0.1) is 0 Å². The first kappa shape index (κ1) is 15.7. The first-order chi connectivity index (χ1) is 10.3. The third kappa shape index (κ3) is 5.29. The summed E-state index contributed by atoms with van der Waals surface area (Å²) in [4.78, 5) is 6.41. The van der Waals surface area contributed by atoms with Gasteiger partial charge < -0.3 is 5.32 Å². The van der Waals surface area contributed by atoms with Crippen molar-refractivity contribution < 1.29 is 0 Å². The topological polar surface area (TPSA) is 28.2 Å². The number of hydrogen-bond acceptors (Lipinski definition) is 3. The van der Waals surface area contributed by atoms with E-state index in [1.807, 2.05) is 12.4 Å². The van der Waals surface area contributed by atoms with Gasteiger partial charge in [-0.05, 0) is 48.8 Å². The number of nitrogens with zero attached hydrogens (tertiary/aromatic N) is 2. The van der Waals surface area contributed by atoms with Crippen LogP contribution in [0.25, 0.3) is 0 Å². The van der Waals surface area contributed by atoms with Crippen LogP contribution in [0.1, 0.15) is 30.0 Å². The molecule has 0 saturated heterocycles. The zero-order valence-electron chi connectivity index (χ0n) is 13.0. The van der Waals surface area contributed by atoms with Gasteiger partial charge in [0.15, 0.2) is 0 Å². The van der Waals surface area contributed by atoms with Crippen molar-refractivity contribution in [3.8, 4) is 0 Å². The molecule has 2 rings (SSSR count). The molecular formula is C18H25N3. The molecule has 0 aliphatic heterocycles. The normalized spacial score (nSPS) is 11.0. The lowest BCUT2D eigenvalue weighted by molar-refractivity contribution is 0.317. The number of rotatable bonds is 8. The van der Waals surface area contributed by atoms with Gasteiger partial charge in [-0.15, -0.1) is 0 Å². The summed E-state index contributed by atoms with van der Waals surface area (Å²) in [5, 5.41) is 3.49. The van der Waals surface area contributed by atoms with Gasteiger partial charge in [-0.1, -0.05) is 31.2 Å². The van der Waals surface area contributed by atoms with Crippen LogP contribution in [0.3, 0.4) is 0 Å². The maximum Gasteiger partial charge on any atom is 0.0271 e. The Morgan fingerprint density at radius 2 is 1.71 bits per heavy atom. The van der Waals surface area contributed by atoms with Gasteiger partial charge >= 0.3 is 0 Å². The molecule has 1 N–H and O–H groups in total. The van der Waals surface area contributed by atoms with Crippen LogP contribution >= 0.6 is 0 Å². The molecule has 3 heteroatoms. The molecule has 112 valence electrons. The number of benzene rings is 1. The minimum atomic E-state index is 0.944. The molecule has 0 fully saturated rings. The zero-order chi connectivity index (χ0) is 14.9. The van der Waals surface area contributed by atoms with Crippen LogP contribution < -0.4 is 5.32 Å². The molecule has 0 aliphatic carbocycles.